The second-order valence-electron chi connectivity index (χ2n) is 17.2. The van der Waals surface area contributed by atoms with Crippen LogP contribution >= 0.6 is 0 Å². The lowest BCUT2D eigenvalue weighted by molar-refractivity contribution is -0.172. The van der Waals surface area contributed by atoms with Gasteiger partial charge in [0.1, 0.15) is 18.7 Å². The molecule has 19 nitrogen and oxygen atoms in total. The Hall–Kier alpha value is -5.01. The van der Waals surface area contributed by atoms with Crippen molar-refractivity contribution in [2.45, 2.75) is 137 Å². The van der Waals surface area contributed by atoms with Crippen LogP contribution in [0.2, 0.25) is 0 Å². The van der Waals surface area contributed by atoms with E-state index in [0.29, 0.717) is 30.6 Å². The molecule has 1 heterocycles. The summed E-state index contributed by atoms with van der Waals surface area (Å²) < 4.78 is 27.3. The Morgan fingerprint density at radius 1 is 0.841 bits per heavy atom. The molecular formula is C44H73N7O12. The first-order chi connectivity index (χ1) is 29.6. The number of methoxy groups -OCH3 is 2. The van der Waals surface area contributed by atoms with Crippen LogP contribution in [0.1, 0.15) is 93.6 Å². The van der Waals surface area contributed by atoms with E-state index < -0.39 is 84.3 Å². The van der Waals surface area contributed by atoms with Gasteiger partial charge in [0.2, 0.25) is 23.6 Å². The van der Waals surface area contributed by atoms with Crippen LogP contribution in [0.5, 0.6) is 0 Å². The summed E-state index contributed by atoms with van der Waals surface area (Å²) in [6, 6.07) is 3.38. The predicted molar refractivity (Wildman–Crippen MR) is 234 cm³/mol. The van der Waals surface area contributed by atoms with Gasteiger partial charge in [0, 0.05) is 39.4 Å². The first-order valence-corrected chi connectivity index (χ1v) is 21.7. The highest BCUT2D eigenvalue weighted by Gasteiger charge is 2.43. The molecule has 7 N–H and O–H groups in total. The zero-order chi connectivity index (χ0) is 47.7. The van der Waals surface area contributed by atoms with Crippen molar-refractivity contribution in [2.24, 2.45) is 41.1 Å². The predicted octanol–water partition coefficient (Wildman–Crippen LogP) is 3.52. The van der Waals surface area contributed by atoms with Crippen LogP contribution in [0.15, 0.2) is 24.3 Å². The summed E-state index contributed by atoms with van der Waals surface area (Å²) in [4.78, 5) is 94.5. The van der Waals surface area contributed by atoms with Crippen molar-refractivity contribution in [1.29, 1.82) is 0 Å². The molecule has 63 heavy (non-hydrogen) atoms. The van der Waals surface area contributed by atoms with Crippen molar-refractivity contribution < 1.29 is 57.2 Å². The monoisotopic (exact) mass is 892 g/mol. The van der Waals surface area contributed by atoms with E-state index in [-0.39, 0.29) is 49.3 Å². The molecule has 6 amide bonds. The lowest BCUT2D eigenvalue weighted by Gasteiger charge is -2.41. The number of carbonyl (C=O) groups is 7. The number of nitrogens with zero attached hydrogens (tertiary/aromatic N) is 2. The Bertz CT molecular complexity index is 1680. The molecule has 2 rings (SSSR count). The lowest BCUT2D eigenvalue weighted by atomic mass is 9.89. The fraction of sp³-hybridized carbons (Fsp3) is 0.705. The van der Waals surface area contributed by atoms with Crippen molar-refractivity contribution in [2.75, 3.05) is 39.7 Å². The molecule has 1 aromatic carbocycles. The fourth-order valence-corrected chi connectivity index (χ4v) is 7.56. The maximum absolute atomic E-state index is 14.4. The number of primary amides is 1. The molecule has 19 heteroatoms. The molecule has 0 aromatic heterocycles. The van der Waals surface area contributed by atoms with Crippen LogP contribution in [0, 0.1) is 29.6 Å². The Morgan fingerprint density at radius 3 is 1.97 bits per heavy atom. The lowest BCUT2D eigenvalue weighted by Crippen LogP contribution is -2.60. The third kappa shape index (κ3) is 15.9. The standard InChI is InChI=1S/C44H73N7O12/c1-13-27(8)37(32(59-11)21-33(52)51-20-14-15-31(51)38(60-12)28(9)39(46)54)50(10)41(56)36(25(4)5)48-40(55)35(24(2)3)49-43(57)61-23-29-16-18-30(19-17-29)47-44(58)63-42(26(6)7)62-34(53)22-45/h16-19,24-28,31-32,35-38,42H,13-15,20-23,45H2,1-12H3,(H2,46,54)(H,47,58)(H,48,55)(H,49,57)/t27?,28?,31?,32?,35?,36-,37?,38?,42?/m0/s1. The van der Waals surface area contributed by atoms with Crippen LogP contribution in [0.25, 0.3) is 0 Å². The first-order valence-electron chi connectivity index (χ1n) is 21.7. The van der Waals surface area contributed by atoms with E-state index in [1.165, 1.54) is 14.2 Å². The molecule has 0 bridgehead atoms. The Labute approximate surface area is 372 Å². The fourth-order valence-electron chi connectivity index (χ4n) is 7.56. The highest BCUT2D eigenvalue weighted by molar-refractivity contribution is 5.92. The first kappa shape index (κ1) is 54.1. The molecule has 1 fully saturated rings. The number of benzene rings is 1. The summed E-state index contributed by atoms with van der Waals surface area (Å²) in [5.41, 5.74) is 11.8. The molecule has 0 spiro atoms. The minimum atomic E-state index is -1.13. The smallest absolute Gasteiger partial charge is 0.414 e. The summed E-state index contributed by atoms with van der Waals surface area (Å²) in [5.74, 6) is -4.20. The van der Waals surface area contributed by atoms with E-state index in [1.54, 1.807) is 89.6 Å². The van der Waals surface area contributed by atoms with Gasteiger partial charge in [0.05, 0.1) is 43.2 Å². The number of likely N-dealkylation sites (tertiary alicyclic amines) is 1. The Kier molecular flexibility index (Phi) is 22.3. The zero-order valence-corrected chi connectivity index (χ0v) is 39.1. The summed E-state index contributed by atoms with van der Waals surface area (Å²) in [5, 5.41) is 8.03. The highest BCUT2D eigenvalue weighted by Crippen LogP contribution is 2.29. The van der Waals surface area contributed by atoms with Crippen LogP contribution in [0.3, 0.4) is 0 Å². The van der Waals surface area contributed by atoms with Crippen molar-refractivity contribution in [1.82, 2.24) is 20.4 Å². The molecule has 0 radical (unpaired) electrons. The van der Waals surface area contributed by atoms with Crippen molar-refractivity contribution in [3.8, 4) is 0 Å². The van der Waals surface area contributed by atoms with Crippen molar-refractivity contribution in [3.63, 3.8) is 0 Å². The van der Waals surface area contributed by atoms with Gasteiger partial charge in [-0.3, -0.25) is 29.3 Å². The van der Waals surface area contributed by atoms with E-state index in [9.17, 15) is 33.6 Å². The molecule has 9 atom stereocenters. The summed E-state index contributed by atoms with van der Waals surface area (Å²) in [6.45, 7) is 16.1. The average Bonchev–Trinajstić information content (AvgIpc) is 3.72. The third-order valence-electron chi connectivity index (χ3n) is 11.5. The molecule has 356 valence electrons. The summed E-state index contributed by atoms with van der Waals surface area (Å²) in [6.07, 6.45) is -2.12. The number of likely N-dealkylation sites (N-methyl/N-ethyl adjacent to an activating group) is 1. The second kappa shape index (κ2) is 25.9. The number of amides is 6. The Morgan fingerprint density at radius 2 is 1.46 bits per heavy atom. The maximum atomic E-state index is 14.4. The normalized spacial score (nSPS) is 17.7. The highest BCUT2D eigenvalue weighted by atomic mass is 16.7. The van der Waals surface area contributed by atoms with Gasteiger partial charge in [0.15, 0.2) is 0 Å². The number of alkyl carbamates (subject to hydrolysis) is 1. The zero-order valence-electron chi connectivity index (χ0n) is 39.1. The largest absolute Gasteiger partial charge is 0.445 e. The van der Waals surface area contributed by atoms with E-state index in [1.807, 2.05) is 13.8 Å². The van der Waals surface area contributed by atoms with Crippen molar-refractivity contribution in [3.05, 3.63) is 29.8 Å². The molecule has 8 unspecified atom stereocenters. The topological polar surface area (TPSA) is 260 Å². The molecular weight excluding hydrogens is 819 g/mol. The molecule has 0 saturated carbocycles. The van der Waals surface area contributed by atoms with Crippen molar-refractivity contribution >= 4 is 47.5 Å². The summed E-state index contributed by atoms with van der Waals surface area (Å²) in [7, 11) is 4.64. The van der Waals surface area contributed by atoms with Crippen LogP contribution in [0.4, 0.5) is 15.3 Å². The third-order valence-corrected chi connectivity index (χ3v) is 11.5. The van der Waals surface area contributed by atoms with Crippen LogP contribution in [-0.2, 0) is 54.3 Å². The molecule has 0 aliphatic carbocycles. The van der Waals surface area contributed by atoms with E-state index >= 15 is 0 Å². The number of hydrogen-bond donors (Lipinski definition) is 5. The molecule has 1 aliphatic rings. The van der Waals surface area contributed by atoms with Gasteiger partial charge >= 0.3 is 18.2 Å². The van der Waals surface area contributed by atoms with Crippen LogP contribution in [-0.4, -0.2) is 129 Å². The van der Waals surface area contributed by atoms with Gasteiger partial charge in [-0.1, -0.05) is 80.9 Å². The second-order valence-corrected chi connectivity index (χ2v) is 17.2. The summed E-state index contributed by atoms with van der Waals surface area (Å²) >= 11 is 0. The minimum Gasteiger partial charge on any atom is -0.445 e. The number of rotatable bonds is 24. The molecule has 1 saturated heterocycles. The minimum absolute atomic E-state index is 0.0362. The van der Waals surface area contributed by atoms with E-state index in [2.05, 4.69) is 16.0 Å². The number of nitrogens with two attached hydrogens (primary N) is 2. The number of esters is 1. The van der Waals surface area contributed by atoms with Gasteiger partial charge in [0.25, 0.3) is 6.29 Å². The van der Waals surface area contributed by atoms with Gasteiger partial charge < -0.3 is 55.6 Å². The van der Waals surface area contributed by atoms with E-state index in [0.717, 1.165) is 6.42 Å². The number of ether oxygens (including phenoxy) is 5. The van der Waals surface area contributed by atoms with Gasteiger partial charge in [-0.15, -0.1) is 0 Å². The quantitative estimate of drug-likeness (QED) is 0.0736. The SMILES string of the molecule is CCC(C)C(C(CC(=O)N1CCCC1C(OC)C(C)C(N)=O)OC)N(C)C(=O)[C@@H](NC(=O)C(NC(=O)OCc1ccc(NC(=O)OC(OC(=O)CN)C(C)C)cc1)C(C)C)C(C)C. The number of carbonyl (C=O) groups excluding carboxylic acids is 7. The number of nitrogens with one attached hydrogen (secondary N) is 3. The van der Waals surface area contributed by atoms with Gasteiger partial charge in [-0.05, 0) is 48.3 Å². The molecule has 1 aliphatic heterocycles. The van der Waals surface area contributed by atoms with Gasteiger partial charge in [-0.25, -0.2) is 9.59 Å². The molecule has 1 aromatic rings. The average molecular weight is 892 g/mol. The van der Waals surface area contributed by atoms with E-state index in [4.69, 9.17) is 35.2 Å². The van der Waals surface area contributed by atoms with Gasteiger partial charge in [-0.2, -0.15) is 0 Å². The number of hydrogen-bond acceptors (Lipinski definition) is 13. The maximum Gasteiger partial charge on any atom is 0.414 e. The Balaban J connectivity index is 2.13. The van der Waals surface area contributed by atoms with Crippen LogP contribution < -0.4 is 27.4 Å². The number of anilines is 1.